The quantitative estimate of drug-likeness (QED) is 0.845. The van der Waals surface area contributed by atoms with Gasteiger partial charge in [-0.3, -0.25) is 4.79 Å². The number of benzene rings is 2. The second-order valence-electron chi connectivity index (χ2n) is 6.98. The van der Waals surface area contributed by atoms with Crippen LogP contribution in [0.25, 0.3) is 0 Å². The van der Waals surface area contributed by atoms with Crippen molar-refractivity contribution in [3.8, 4) is 5.75 Å². The highest BCUT2D eigenvalue weighted by atomic mass is 19.1. The number of methoxy groups -OCH3 is 1. The smallest absolute Gasteiger partial charge is 0.226 e. The molecule has 2 aromatic rings. The Hall–Kier alpha value is -2.56. The van der Waals surface area contributed by atoms with E-state index in [9.17, 15) is 9.18 Å². The van der Waals surface area contributed by atoms with Crippen molar-refractivity contribution < 1.29 is 13.9 Å². The van der Waals surface area contributed by atoms with E-state index >= 15 is 0 Å². The van der Waals surface area contributed by atoms with Gasteiger partial charge in [-0.1, -0.05) is 24.3 Å². The Morgan fingerprint density at radius 2 is 1.73 bits per heavy atom. The van der Waals surface area contributed by atoms with Crippen molar-refractivity contribution in [3.05, 3.63) is 59.9 Å². The number of anilines is 1. The lowest BCUT2D eigenvalue weighted by atomic mass is 10.1. The Bertz CT molecular complexity index is 785. The standard InChI is InChI=1S/C21H23FN2O2/c1-26-20-5-3-2-4-19(20)23-10-12-24(13-11-23)21(25)18-14-17(18)15-6-8-16(22)9-7-15/h2-9,17-18H,10-14H2,1H3. The largest absolute Gasteiger partial charge is 0.495 e. The maximum Gasteiger partial charge on any atom is 0.226 e. The molecule has 0 spiro atoms. The molecule has 2 aliphatic rings. The number of ether oxygens (including phenoxy) is 1. The fourth-order valence-corrected chi connectivity index (χ4v) is 3.84. The van der Waals surface area contributed by atoms with Gasteiger partial charge in [0.15, 0.2) is 0 Å². The predicted molar refractivity (Wildman–Crippen MR) is 99.0 cm³/mol. The highest BCUT2D eigenvalue weighted by molar-refractivity contribution is 5.83. The van der Waals surface area contributed by atoms with Gasteiger partial charge in [0, 0.05) is 32.1 Å². The zero-order valence-electron chi connectivity index (χ0n) is 14.9. The Morgan fingerprint density at radius 1 is 1.04 bits per heavy atom. The van der Waals surface area contributed by atoms with Crippen molar-refractivity contribution in [3.63, 3.8) is 0 Å². The summed E-state index contributed by atoms with van der Waals surface area (Å²) in [5.74, 6) is 1.17. The highest BCUT2D eigenvalue weighted by Gasteiger charge is 2.46. The van der Waals surface area contributed by atoms with E-state index in [1.807, 2.05) is 23.1 Å². The number of hydrogen-bond donors (Lipinski definition) is 0. The number of hydrogen-bond acceptors (Lipinski definition) is 3. The summed E-state index contributed by atoms with van der Waals surface area (Å²) in [6, 6.07) is 14.5. The van der Waals surface area contributed by atoms with Crippen molar-refractivity contribution in [2.45, 2.75) is 12.3 Å². The molecule has 2 unspecified atom stereocenters. The number of nitrogens with zero attached hydrogens (tertiary/aromatic N) is 2. The summed E-state index contributed by atoms with van der Waals surface area (Å²) >= 11 is 0. The van der Waals surface area contributed by atoms with Gasteiger partial charge in [0.1, 0.15) is 11.6 Å². The van der Waals surface area contributed by atoms with Crippen LogP contribution in [0.1, 0.15) is 17.9 Å². The lowest BCUT2D eigenvalue weighted by Crippen LogP contribution is -2.49. The Balaban J connectivity index is 1.35. The zero-order chi connectivity index (χ0) is 18.1. The maximum atomic E-state index is 13.1. The Labute approximate surface area is 153 Å². The molecular formula is C21H23FN2O2. The van der Waals surface area contributed by atoms with Crippen molar-refractivity contribution in [1.29, 1.82) is 0 Å². The third-order valence-corrected chi connectivity index (χ3v) is 5.42. The number of carbonyl (C=O) groups is 1. The van der Waals surface area contributed by atoms with Gasteiger partial charge in [-0.05, 0) is 42.2 Å². The molecule has 4 nitrogen and oxygen atoms in total. The molecule has 0 radical (unpaired) electrons. The summed E-state index contributed by atoms with van der Waals surface area (Å²) < 4.78 is 18.5. The van der Waals surface area contributed by atoms with Gasteiger partial charge in [-0.25, -0.2) is 4.39 Å². The first-order valence-corrected chi connectivity index (χ1v) is 9.09. The number of halogens is 1. The highest BCUT2D eigenvalue weighted by Crippen LogP contribution is 2.48. The third-order valence-electron chi connectivity index (χ3n) is 5.42. The minimum absolute atomic E-state index is 0.0540. The van der Waals surface area contributed by atoms with Crippen LogP contribution in [0.2, 0.25) is 0 Å². The Kier molecular flexibility index (Phi) is 4.53. The summed E-state index contributed by atoms with van der Waals surface area (Å²) in [5, 5.41) is 0. The fourth-order valence-electron chi connectivity index (χ4n) is 3.84. The number of amides is 1. The van der Waals surface area contributed by atoms with E-state index in [0.717, 1.165) is 49.6 Å². The summed E-state index contributed by atoms with van der Waals surface area (Å²) in [6.07, 6.45) is 0.872. The number of carbonyl (C=O) groups excluding carboxylic acids is 1. The average Bonchev–Trinajstić information content (AvgIpc) is 3.49. The zero-order valence-corrected chi connectivity index (χ0v) is 14.9. The minimum Gasteiger partial charge on any atom is -0.495 e. The maximum absolute atomic E-state index is 13.1. The first-order chi connectivity index (χ1) is 12.7. The van der Waals surface area contributed by atoms with Crippen molar-refractivity contribution >= 4 is 11.6 Å². The summed E-state index contributed by atoms with van der Waals surface area (Å²) in [4.78, 5) is 17.0. The van der Waals surface area contributed by atoms with Gasteiger partial charge >= 0.3 is 0 Å². The molecule has 5 heteroatoms. The van der Waals surface area contributed by atoms with Crippen LogP contribution in [0.5, 0.6) is 5.75 Å². The molecule has 2 fully saturated rings. The van der Waals surface area contributed by atoms with Crippen LogP contribution in [0.3, 0.4) is 0 Å². The van der Waals surface area contributed by atoms with Crippen LogP contribution >= 0.6 is 0 Å². The van der Waals surface area contributed by atoms with Crippen LogP contribution in [0.15, 0.2) is 48.5 Å². The fraction of sp³-hybridized carbons (Fsp3) is 0.381. The van der Waals surface area contributed by atoms with Crippen molar-refractivity contribution in [2.75, 3.05) is 38.2 Å². The van der Waals surface area contributed by atoms with Crippen LogP contribution in [0, 0.1) is 11.7 Å². The van der Waals surface area contributed by atoms with Gasteiger partial charge in [0.05, 0.1) is 12.8 Å². The van der Waals surface area contributed by atoms with E-state index in [1.165, 1.54) is 12.1 Å². The molecule has 2 atom stereocenters. The van der Waals surface area contributed by atoms with Crippen LogP contribution in [-0.4, -0.2) is 44.1 Å². The lowest BCUT2D eigenvalue weighted by molar-refractivity contribution is -0.132. The third kappa shape index (κ3) is 3.26. The first-order valence-electron chi connectivity index (χ1n) is 9.09. The summed E-state index contributed by atoms with van der Waals surface area (Å²) in [5.41, 5.74) is 2.15. The molecule has 1 aliphatic heterocycles. The molecule has 0 N–H and O–H groups in total. The van der Waals surface area contributed by atoms with Gasteiger partial charge in [0.2, 0.25) is 5.91 Å². The van der Waals surface area contributed by atoms with Crippen molar-refractivity contribution in [1.82, 2.24) is 4.90 Å². The van der Waals surface area contributed by atoms with E-state index in [2.05, 4.69) is 11.0 Å². The summed E-state index contributed by atoms with van der Waals surface area (Å²) in [7, 11) is 1.68. The lowest BCUT2D eigenvalue weighted by Gasteiger charge is -2.36. The number of rotatable bonds is 4. The topological polar surface area (TPSA) is 32.8 Å². The molecule has 2 aromatic carbocycles. The monoisotopic (exact) mass is 354 g/mol. The Morgan fingerprint density at radius 3 is 2.42 bits per heavy atom. The van der Waals surface area contributed by atoms with Crippen molar-refractivity contribution in [2.24, 2.45) is 5.92 Å². The normalized spacial score (nSPS) is 22.2. The van der Waals surface area contributed by atoms with Crippen LogP contribution in [0.4, 0.5) is 10.1 Å². The molecule has 1 heterocycles. The summed E-state index contributed by atoms with van der Waals surface area (Å²) in [6.45, 7) is 3.06. The average molecular weight is 354 g/mol. The van der Waals surface area contributed by atoms with Gasteiger partial charge in [-0.2, -0.15) is 0 Å². The van der Waals surface area contributed by atoms with E-state index in [0.29, 0.717) is 0 Å². The molecule has 26 heavy (non-hydrogen) atoms. The van der Waals surface area contributed by atoms with E-state index in [1.54, 1.807) is 19.2 Å². The second-order valence-corrected chi connectivity index (χ2v) is 6.98. The molecular weight excluding hydrogens is 331 g/mol. The number of para-hydroxylation sites is 2. The second kappa shape index (κ2) is 6.98. The minimum atomic E-state index is -0.232. The van der Waals surface area contributed by atoms with Gasteiger partial charge < -0.3 is 14.5 Å². The molecule has 1 saturated heterocycles. The number of piperazine rings is 1. The molecule has 1 aliphatic carbocycles. The molecule has 1 saturated carbocycles. The molecule has 136 valence electrons. The predicted octanol–water partition coefficient (Wildman–Crippen LogP) is 3.29. The van der Waals surface area contributed by atoms with Crippen LogP contribution in [-0.2, 0) is 4.79 Å². The van der Waals surface area contributed by atoms with E-state index in [4.69, 9.17) is 4.74 Å². The molecule has 0 bridgehead atoms. The van der Waals surface area contributed by atoms with E-state index in [-0.39, 0.29) is 23.6 Å². The van der Waals surface area contributed by atoms with Crippen LogP contribution < -0.4 is 9.64 Å². The first kappa shape index (κ1) is 16.9. The van der Waals surface area contributed by atoms with Gasteiger partial charge in [0.25, 0.3) is 0 Å². The molecule has 4 rings (SSSR count). The SMILES string of the molecule is COc1ccccc1N1CCN(C(=O)C2CC2c2ccc(F)cc2)CC1. The van der Waals surface area contributed by atoms with E-state index < -0.39 is 0 Å². The molecule has 1 amide bonds. The van der Waals surface area contributed by atoms with Gasteiger partial charge in [-0.15, -0.1) is 0 Å². The molecule has 0 aromatic heterocycles.